The molecule has 150 valence electrons. The topological polar surface area (TPSA) is 89.8 Å². The van der Waals surface area contributed by atoms with Gasteiger partial charge in [0.25, 0.3) is 11.8 Å². The van der Waals surface area contributed by atoms with Crippen molar-refractivity contribution in [3.8, 4) is 11.5 Å². The number of benzene rings is 2. The Morgan fingerprint density at radius 1 is 1.03 bits per heavy atom. The van der Waals surface area contributed by atoms with Crippen LogP contribution in [-0.2, 0) is 0 Å². The molecular formula is C21H19BrN2O5. The van der Waals surface area contributed by atoms with Crippen LogP contribution in [0.3, 0.4) is 0 Å². The zero-order valence-corrected chi connectivity index (χ0v) is 17.4. The fourth-order valence-corrected chi connectivity index (χ4v) is 3.13. The minimum Gasteiger partial charge on any atom is -0.493 e. The highest BCUT2D eigenvalue weighted by Gasteiger charge is 2.16. The van der Waals surface area contributed by atoms with Gasteiger partial charge in [-0.2, -0.15) is 0 Å². The van der Waals surface area contributed by atoms with Gasteiger partial charge >= 0.3 is 0 Å². The van der Waals surface area contributed by atoms with Crippen LogP contribution in [0.5, 0.6) is 11.5 Å². The number of furan rings is 1. The van der Waals surface area contributed by atoms with Gasteiger partial charge in [-0.3, -0.25) is 9.59 Å². The summed E-state index contributed by atoms with van der Waals surface area (Å²) in [6, 6.07) is 13.3. The van der Waals surface area contributed by atoms with Crippen molar-refractivity contribution in [1.29, 1.82) is 0 Å². The van der Waals surface area contributed by atoms with E-state index in [1.807, 2.05) is 6.92 Å². The maximum absolute atomic E-state index is 12.6. The lowest BCUT2D eigenvalue weighted by molar-refractivity contribution is 0.0994. The highest BCUT2D eigenvalue weighted by molar-refractivity contribution is 9.10. The van der Waals surface area contributed by atoms with E-state index < -0.39 is 0 Å². The van der Waals surface area contributed by atoms with Crippen LogP contribution in [0.2, 0.25) is 0 Å². The minimum absolute atomic E-state index is 0.220. The molecule has 0 bridgehead atoms. The number of methoxy groups -OCH3 is 1. The molecule has 1 heterocycles. The Kier molecular flexibility index (Phi) is 6.56. The van der Waals surface area contributed by atoms with Gasteiger partial charge in [0.15, 0.2) is 17.3 Å². The zero-order chi connectivity index (χ0) is 20.8. The standard InChI is InChI=1S/C21H19BrN2O5/c1-3-28-19-16(22)11-13(12-18(19)27-2)20(25)23-14-6-8-15(9-7-14)24-21(26)17-5-4-10-29-17/h4-12H,3H2,1-2H3,(H,23,25)(H,24,26). The molecule has 0 aliphatic carbocycles. The van der Waals surface area contributed by atoms with E-state index in [1.54, 1.807) is 48.5 Å². The van der Waals surface area contributed by atoms with Gasteiger partial charge in [0, 0.05) is 16.9 Å². The Morgan fingerprint density at radius 3 is 2.24 bits per heavy atom. The molecule has 3 rings (SSSR count). The first kappa shape index (κ1) is 20.5. The molecule has 0 spiro atoms. The number of halogens is 1. The number of carbonyl (C=O) groups excluding carboxylic acids is 2. The van der Waals surface area contributed by atoms with Crippen LogP contribution in [-0.4, -0.2) is 25.5 Å². The predicted molar refractivity (Wildman–Crippen MR) is 113 cm³/mol. The van der Waals surface area contributed by atoms with Crippen molar-refractivity contribution in [2.45, 2.75) is 6.92 Å². The van der Waals surface area contributed by atoms with Crippen molar-refractivity contribution < 1.29 is 23.5 Å². The second-order valence-electron chi connectivity index (χ2n) is 5.89. The summed E-state index contributed by atoms with van der Waals surface area (Å²) in [5.41, 5.74) is 1.57. The summed E-state index contributed by atoms with van der Waals surface area (Å²) in [5.74, 6) is 0.570. The van der Waals surface area contributed by atoms with Gasteiger partial charge in [0.05, 0.1) is 24.5 Å². The second-order valence-corrected chi connectivity index (χ2v) is 6.74. The van der Waals surface area contributed by atoms with Crippen LogP contribution in [0.4, 0.5) is 11.4 Å². The SMILES string of the molecule is CCOc1c(Br)cc(C(=O)Nc2ccc(NC(=O)c3ccco3)cc2)cc1OC. The van der Waals surface area contributed by atoms with Gasteiger partial charge in [0.1, 0.15) is 0 Å². The molecular weight excluding hydrogens is 440 g/mol. The number of nitrogens with one attached hydrogen (secondary N) is 2. The first-order valence-corrected chi connectivity index (χ1v) is 9.57. The van der Waals surface area contributed by atoms with Gasteiger partial charge in [-0.05, 0) is 71.4 Å². The smallest absolute Gasteiger partial charge is 0.291 e. The largest absolute Gasteiger partial charge is 0.493 e. The number of amides is 2. The first-order chi connectivity index (χ1) is 14.0. The highest BCUT2D eigenvalue weighted by Crippen LogP contribution is 2.36. The van der Waals surface area contributed by atoms with Crippen molar-refractivity contribution in [1.82, 2.24) is 0 Å². The van der Waals surface area contributed by atoms with Crippen molar-refractivity contribution in [2.24, 2.45) is 0 Å². The van der Waals surface area contributed by atoms with Crippen LogP contribution >= 0.6 is 15.9 Å². The Hall–Kier alpha value is -3.26. The quantitative estimate of drug-likeness (QED) is 0.522. The normalized spacial score (nSPS) is 10.3. The molecule has 2 amide bonds. The lowest BCUT2D eigenvalue weighted by Gasteiger charge is -2.13. The average Bonchev–Trinajstić information content (AvgIpc) is 3.26. The summed E-state index contributed by atoms with van der Waals surface area (Å²) in [5, 5.41) is 5.52. The van der Waals surface area contributed by atoms with Crippen LogP contribution in [0.15, 0.2) is 63.7 Å². The van der Waals surface area contributed by atoms with Crippen molar-refractivity contribution >= 4 is 39.1 Å². The molecule has 1 aromatic heterocycles. The van der Waals surface area contributed by atoms with E-state index in [0.29, 0.717) is 39.5 Å². The maximum Gasteiger partial charge on any atom is 0.291 e. The molecule has 0 unspecified atom stereocenters. The van der Waals surface area contributed by atoms with Crippen LogP contribution in [0.1, 0.15) is 27.8 Å². The molecule has 7 nitrogen and oxygen atoms in total. The van der Waals surface area contributed by atoms with E-state index in [-0.39, 0.29) is 17.6 Å². The average molecular weight is 459 g/mol. The number of anilines is 2. The Labute approximate surface area is 176 Å². The van der Waals surface area contributed by atoms with Crippen molar-refractivity contribution in [2.75, 3.05) is 24.4 Å². The number of rotatable bonds is 7. The molecule has 0 atom stereocenters. The van der Waals surface area contributed by atoms with Crippen LogP contribution in [0.25, 0.3) is 0 Å². The van der Waals surface area contributed by atoms with E-state index in [4.69, 9.17) is 13.9 Å². The van der Waals surface area contributed by atoms with Crippen LogP contribution < -0.4 is 20.1 Å². The summed E-state index contributed by atoms with van der Waals surface area (Å²) in [6.45, 7) is 2.34. The molecule has 2 N–H and O–H groups in total. The van der Waals surface area contributed by atoms with Crippen LogP contribution in [0, 0.1) is 0 Å². The van der Waals surface area contributed by atoms with E-state index in [1.165, 1.54) is 13.4 Å². The summed E-state index contributed by atoms with van der Waals surface area (Å²) < 4.78 is 16.5. The van der Waals surface area contributed by atoms with E-state index in [0.717, 1.165) is 0 Å². The molecule has 0 radical (unpaired) electrons. The monoisotopic (exact) mass is 458 g/mol. The molecule has 0 saturated carbocycles. The summed E-state index contributed by atoms with van der Waals surface area (Å²) in [4.78, 5) is 24.6. The van der Waals surface area contributed by atoms with E-state index in [2.05, 4.69) is 26.6 Å². The van der Waals surface area contributed by atoms with Crippen molar-refractivity contribution in [3.05, 3.63) is 70.6 Å². The zero-order valence-electron chi connectivity index (χ0n) is 15.8. The van der Waals surface area contributed by atoms with Gasteiger partial charge < -0.3 is 24.5 Å². The maximum atomic E-state index is 12.6. The third-order valence-electron chi connectivity index (χ3n) is 3.93. The number of hydrogen-bond donors (Lipinski definition) is 2. The Bertz CT molecular complexity index is 1000. The third-order valence-corrected chi connectivity index (χ3v) is 4.51. The lowest BCUT2D eigenvalue weighted by atomic mass is 10.1. The predicted octanol–water partition coefficient (Wildman–Crippen LogP) is 4.95. The van der Waals surface area contributed by atoms with Gasteiger partial charge in [-0.25, -0.2) is 0 Å². The Morgan fingerprint density at radius 2 is 1.69 bits per heavy atom. The third kappa shape index (κ3) is 4.97. The van der Waals surface area contributed by atoms with Gasteiger partial charge in [-0.1, -0.05) is 0 Å². The van der Waals surface area contributed by atoms with Gasteiger partial charge in [-0.15, -0.1) is 0 Å². The van der Waals surface area contributed by atoms with E-state index in [9.17, 15) is 9.59 Å². The molecule has 0 fully saturated rings. The molecule has 2 aromatic carbocycles. The number of carbonyl (C=O) groups is 2. The molecule has 0 aliphatic heterocycles. The summed E-state index contributed by atoms with van der Waals surface area (Å²) in [6.07, 6.45) is 1.43. The summed E-state index contributed by atoms with van der Waals surface area (Å²) in [7, 11) is 1.52. The minimum atomic E-state index is -0.349. The summed E-state index contributed by atoms with van der Waals surface area (Å²) >= 11 is 3.41. The highest BCUT2D eigenvalue weighted by atomic mass is 79.9. The molecule has 8 heteroatoms. The number of hydrogen-bond acceptors (Lipinski definition) is 5. The number of ether oxygens (including phenoxy) is 2. The van der Waals surface area contributed by atoms with E-state index >= 15 is 0 Å². The van der Waals surface area contributed by atoms with Crippen molar-refractivity contribution in [3.63, 3.8) is 0 Å². The second kappa shape index (κ2) is 9.29. The fourth-order valence-electron chi connectivity index (χ4n) is 2.58. The first-order valence-electron chi connectivity index (χ1n) is 8.78. The molecule has 3 aromatic rings. The lowest BCUT2D eigenvalue weighted by Crippen LogP contribution is -2.13. The molecule has 0 aliphatic rings. The molecule has 0 saturated heterocycles. The van der Waals surface area contributed by atoms with Gasteiger partial charge in [0.2, 0.25) is 0 Å². The molecule has 29 heavy (non-hydrogen) atoms. The fraction of sp³-hybridized carbons (Fsp3) is 0.143. The Balaban J connectivity index is 1.69.